The summed E-state index contributed by atoms with van der Waals surface area (Å²) in [6, 6.07) is 7.73. The number of ether oxygens (including phenoxy) is 2. The molecule has 8 heteroatoms. The summed E-state index contributed by atoms with van der Waals surface area (Å²) in [6.45, 7) is 0.489. The highest BCUT2D eigenvalue weighted by Crippen LogP contribution is 2.32. The van der Waals surface area contributed by atoms with E-state index in [0.29, 0.717) is 12.4 Å². The van der Waals surface area contributed by atoms with E-state index in [1.165, 1.54) is 12.7 Å². The number of nitrogen functional groups attached to an aromatic ring is 1. The molecule has 4 heterocycles. The van der Waals surface area contributed by atoms with Crippen LogP contribution < -0.4 is 10.5 Å². The molecule has 27 heavy (non-hydrogen) atoms. The van der Waals surface area contributed by atoms with Gasteiger partial charge >= 0.3 is 0 Å². The fraction of sp³-hybridized carbons (Fsp3) is 0.263. The van der Waals surface area contributed by atoms with Crippen molar-refractivity contribution in [3.8, 4) is 5.75 Å². The zero-order valence-electron chi connectivity index (χ0n) is 14.5. The van der Waals surface area contributed by atoms with Crippen molar-refractivity contribution >= 4 is 27.8 Å². The molecule has 0 saturated carbocycles. The number of rotatable bonds is 4. The normalized spacial score (nSPS) is 19.7. The Morgan fingerprint density at radius 3 is 3.07 bits per heavy atom. The van der Waals surface area contributed by atoms with Gasteiger partial charge in [0.15, 0.2) is 0 Å². The molecule has 1 aliphatic heterocycles. The molecule has 0 unspecified atom stereocenters. The van der Waals surface area contributed by atoms with Gasteiger partial charge in [-0.2, -0.15) is 0 Å². The standard InChI is InChI=1S/C19H18N6O2/c20-18-15-5-6-25(19(15)24-11-23-18)17-4-3-14(27-17)9-26-13-2-1-12-8-21-10-22-16(12)7-13/h1-2,5-8,10-11,14,17H,3-4,9H2,(H2,20,23,24)/t14-,17+/m0/s1. The minimum absolute atomic E-state index is 0.0210. The molecule has 3 aromatic heterocycles. The Morgan fingerprint density at radius 1 is 1.15 bits per heavy atom. The van der Waals surface area contributed by atoms with Crippen molar-refractivity contribution in [1.29, 1.82) is 0 Å². The fourth-order valence-electron chi connectivity index (χ4n) is 3.47. The van der Waals surface area contributed by atoms with E-state index >= 15 is 0 Å². The van der Waals surface area contributed by atoms with Gasteiger partial charge in [0, 0.05) is 23.8 Å². The molecule has 1 aromatic carbocycles. The predicted octanol–water partition coefficient (Wildman–Crippen LogP) is 2.71. The van der Waals surface area contributed by atoms with Gasteiger partial charge in [0.05, 0.1) is 17.0 Å². The topological polar surface area (TPSA) is 101 Å². The molecule has 2 atom stereocenters. The van der Waals surface area contributed by atoms with Gasteiger partial charge < -0.3 is 19.8 Å². The van der Waals surface area contributed by atoms with Gasteiger partial charge in [0.2, 0.25) is 0 Å². The van der Waals surface area contributed by atoms with Gasteiger partial charge in [-0.05, 0) is 31.0 Å². The van der Waals surface area contributed by atoms with Crippen LogP contribution in [-0.4, -0.2) is 37.2 Å². The van der Waals surface area contributed by atoms with Crippen molar-refractivity contribution in [3.05, 3.63) is 49.3 Å². The van der Waals surface area contributed by atoms with E-state index in [0.717, 1.165) is 40.5 Å². The van der Waals surface area contributed by atoms with Crippen molar-refractivity contribution in [2.24, 2.45) is 0 Å². The maximum Gasteiger partial charge on any atom is 0.147 e. The number of aromatic nitrogens is 5. The molecule has 1 saturated heterocycles. The van der Waals surface area contributed by atoms with Crippen molar-refractivity contribution < 1.29 is 9.47 Å². The lowest BCUT2D eigenvalue weighted by atomic mass is 10.2. The summed E-state index contributed by atoms with van der Waals surface area (Å²) in [5.41, 5.74) is 7.57. The second kappa shape index (κ2) is 6.48. The predicted molar refractivity (Wildman–Crippen MR) is 100 cm³/mol. The summed E-state index contributed by atoms with van der Waals surface area (Å²) >= 11 is 0. The summed E-state index contributed by atoms with van der Waals surface area (Å²) in [5.74, 6) is 1.26. The molecule has 1 fully saturated rings. The van der Waals surface area contributed by atoms with E-state index < -0.39 is 0 Å². The van der Waals surface area contributed by atoms with E-state index in [4.69, 9.17) is 15.2 Å². The lowest BCUT2D eigenvalue weighted by Crippen LogP contribution is -2.18. The van der Waals surface area contributed by atoms with E-state index in [2.05, 4.69) is 19.9 Å². The minimum atomic E-state index is -0.0743. The van der Waals surface area contributed by atoms with E-state index in [9.17, 15) is 0 Å². The van der Waals surface area contributed by atoms with Crippen LogP contribution in [0.3, 0.4) is 0 Å². The molecule has 136 valence electrons. The van der Waals surface area contributed by atoms with Gasteiger partial charge in [0.1, 0.15) is 42.7 Å². The van der Waals surface area contributed by atoms with Crippen LogP contribution >= 0.6 is 0 Å². The van der Waals surface area contributed by atoms with Crippen LogP contribution in [0.1, 0.15) is 19.1 Å². The Bertz CT molecular complexity index is 1110. The van der Waals surface area contributed by atoms with Gasteiger partial charge in [-0.25, -0.2) is 19.9 Å². The van der Waals surface area contributed by atoms with Crippen molar-refractivity contribution in [1.82, 2.24) is 24.5 Å². The first-order valence-corrected chi connectivity index (χ1v) is 8.83. The maximum absolute atomic E-state index is 6.17. The van der Waals surface area contributed by atoms with Crippen molar-refractivity contribution in [3.63, 3.8) is 0 Å². The largest absolute Gasteiger partial charge is 0.491 e. The van der Waals surface area contributed by atoms with Crippen LogP contribution in [0.4, 0.5) is 5.82 Å². The molecular formula is C19H18N6O2. The molecule has 2 N–H and O–H groups in total. The smallest absolute Gasteiger partial charge is 0.147 e. The number of benzene rings is 1. The first-order chi connectivity index (χ1) is 13.3. The molecule has 0 radical (unpaired) electrons. The average Bonchev–Trinajstić information content (AvgIpc) is 3.33. The molecule has 0 bridgehead atoms. The lowest BCUT2D eigenvalue weighted by molar-refractivity contribution is -0.0156. The first kappa shape index (κ1) is 16.0. The zero-order chi connectivity index (χ0) is 18.2. The third-order valence-corrected chi connectivity index (χ3v) is 4.85. The Morgan fingerprint density at radius 2 is 2.11 bits per heavy atom. The summed E-state index contributed by atoms with van der Waals surface area (Å²) in [7, 11) is 0. The number of hydrogen-bond acceptors (Lipinski definition) is 7. The number of nitrogens with two attached hydrogens (primary N) is 1. The SMILES string of the molecule is Nc1ncnc2c1ccn2[C@H]1CC[C@@H](COc2ccc3cncnc3c2)O1. The molecule has 8 nitrogen and oxygen atoms in total. The van der Waals surface area contributed by atoms with Gasteiger partial charge in [-0.15, -0.1) is 0 Å². The highest BCUT2D eigenvalue weighted by atomic mass is 16.6. The average molecular weight is 362 g/mol. The zero-order valence-corrected chi connectivity index (χ0v) is 14.5. The number of hydrogen-bond donors (Lipinski definition) is 1. The highest BCUT2D eigenvalue weighted by Gasteiger charge is 2.28. The van der Waals surface area contributed by atoms with Crippen LogP contribution in [0.25, 0.3) is 21.9 Å². The van der Waals surface area contributed by atoms with Crippen LogP contribution in [0.2, 0.25) is 0 Å². The monoisotopic (exact) mass is 362 g/mol. The van der Waals surface area contributed by atoms with E-state index in [1.807, 2.05) is 35.0 Å². The molecule has 5 rings (SSSR count). The van der Waals surface area contributed by atoms with Crippen LogP contribution in [0, 0.1) is 0 Å². The lowest BCUT2D eigenvalue weighted by Gasteiger charge is -2.16. The number of nitrogens with zero attached hydrogens (tertiary/aromatic N) is 5. The molecular weight excluding hydrogens is 344 g/mol. The van der Waals surface area contributed by atoms with Gasteiger partial charge in [-0.1, -0.05) is 0 Å². The molecule has 4 aromatic rings. The van der Waals surface area contributed by atoms with E-state index in [1.54, 1.807) is 6.20 Å². The number of anilines is 1. The Hall–Kier alpha value is -3.26. The quantitative estimate of drug-likeness (QED) is 0.595. The maximum atomic E-state index is 6.17. The summed E-state index contributed by atoms with van der Waals surface area (Å²) in [5, 5.41) is 1.83. The Kier molecular flexibility index (Phi) is 3.83. The van der Waals surface area contributed by atoms with Crippen molar-refractivity contribution in [2.45, 2.75) is 25.2 Å². The molecule has 0 amide bonds. The van der Waals surface area contributed by atoms with Crippen molar-refractivity contribution in [2.75, 3.05) is 12.3 Å². The Balaban J connectivity index is 1.27. The Labute approximate surface area is 155 Å². The van der Waals surface area contributed by atoms with Crippen LogP contribution in [0.5, 0.6) is 5.75 Å². The summed E-state index contributed by atoms with van der Waals surface area (Å²) in [4.78, 5) is 16.6. The minimum Gasteiger partial charge on any atom is -0.491 e. The first-order valence-electron chi connectivity index (χ1n) is 8.83. The van der Waals surface area contributed by atoms with E-state index in [-0.39, 0.29) is 12.3 Å². The third kappa shape index (κ3) is 2.93. The highest BCUT2D eigenvalue weighted by molar-refractivity contribution is 5.86. The van der Waals surface area contributed by atoms with Crippen LogP contribution in [0.15, 0.2) is 49.3 Å². The number of fused-ring (bicyclic) bond motifs is 2. The molecule has 0 aliphatic carbocycles. The molecule has 0 spiro atoms. The summed E-state index contributed by atoms with van der Waals surface area (Å²) < 4.78 is 14.1. The molecule has 1 aliphatic rings. The second-order valence-corrected chi connectivity index (χ2v) is 6.56. The van der Waals surface area contributed by atoms with Gasteiger partial charge in [-0.3, -0.25) is 0 Å². The second-order valence-electron chi connectivity index (χ2n) is 6.56. The third-order valence-electron chi connectivity index (χ3n) is 4.85. The summed E-state index contributed by atoms with van der Waals surface area (Å²) in [6.07, 6.45) is 8.51. The van der Waals surface area contributed by atoms with Crippen LogP contribution in [-0.2, 0) is 4.74 Å². The fourth-order valence-corrected chi connectivity index (χ4v) is 3.47. The van der Waals surface area contributed by atoms with Gasteiger partial charge in [0.25, 0.3) is 0 Å².